The molecule has 27 heavy (non-hydrogen) atoms. The van der Waals surface area contributed by atoms with Crippen LogP contribution < -0.4 is 0 Å². The van der Waals surface area contributed by atoms with E-state index in [0.717, 1.165) is 38.1 Å². The highest BCUT2D eigenvalue weighted by Gasteiger charge is 2.64. The van der Waals surface area contributed by atoms with Crippen LogP contribution in [0.2, 0.25) is 0 Å². The van der Waals surface area contributed by atoms with E-state index in [1.165, 1.54) is 11.1 Å². The van der Waals surface area contributed by atoms with Crippen LogP contribution in [0.3, 0.4) is 0 Å². The quantitative estimate of drug-likeness (QED) is 0.590. The number of nitrogens with zero attached hydrogens (tertiary/aromatic N) is 1. The maximum absolute atomic E-state index is 12.2. The van der Waals surface area contributed by atoms with Crippen molar-refractivity contribution in [2.75, 3.05) is 26.7 Å². The number of rotatable bonds is 4. The average Bonchev–Trinajstić information content (AvgIpc) is 3.16. The number of likely N-dealkylation sites (N-methyl/N-ethyl adjacent to an activating group) is 1. The van der Waals surface area contributed by atoms with Gasteiger partial charge in [-0.1, -0.05) is 19.9 Å². The minimum absolute atomic E-state index is 0.115. The van der Waals surface area contributed by atoms with Crippen molar-refractivity contribution in [3.63, 3.8) is 0 Å². The van der Waals surface area contributed by atoms with Gasteiger partial charge in [-0.25, -0.2) is 0 Å². The van der Waals surface area contributed by atoms with Crippen LogP contribution in [0, 0.1) is 5.41 Å². The highest BCUT2D eigenvalue weighted by Crippen LogP contribution is 2.65. The zero-order chi connectivity index (χ0) is 19.2. The first-order chi connectivity index (χ1) is 12.9. The summed E-state index contributed by atoms with van der Waals surface area (Å²) in [5.41, 5.74) is 1.81. The molecule has 4 rings (SSSR count). The molecule has 1 saturated heterocycles. The Labute approximate surface area is 161 Å². The van der Waals surface area contributed by atoms with Crippen molar-refractivity contribution in [2.24, 2.45) is 5.41 Å². The van der Waals surface area contributed by atoms with E-state index in [1.807, 2.05) is 13.8 Å². The molecule has 0 N–H and O–H groups in total. The van der Waals surface area contributed by atoms with Crippen molar-refractivity contribution < 1.29 is 18.7 Å². The maximum atomic E-state index is 12.2. The van der Waals surface area contributed by atoms with Gasteiger partial charge in [-0.2, -0.15) is 0 Å². The largest absolute Gasteiger partial charge is 0.469 e. The molecule has 4 atom stereocenters. The average molecular weight is 373 g/mol. The maximum Gasteiger partial charge on any atom is 0.306 e. The van der Waals surface area contributed by atoms with Gasteiger partial charge >= 0.3 is 5.97 Å². The molecular weight excluding hydrogens is 342 g/mol. The second-order valence-electron chi connectivity index (χ2n) is 8.54. The molecule has 0 saturated carbocycles. The lowest BCUT2D eigenvalue weighted by Gasteiger charge is -2.52. The highest BCUT2D eigenvalue weighted by atomic mass is 16.5. The topological polar surface area (TPSA) is 51.9 Å². The summed E-state index contributed by atoms with van der Waals surface area (Å²) in [6.07, 6.45) is 6.87. The summed E-state index contributed by atoms with van der Waals surface area (Å²) in [7, 11) is 2.16. The Morgan fingerprint density at radius 2 is 2.30 bits per heavy atom. The number of furan rings is 1. The molecular formula is C22H31NO4. The standard InChI is InChI=1S/C22H31NO4/c1-5-6-19(24)27-16(3)17-7-9-22-18-8-11-25-20(18)15(2)13-21(17,22)14-23(4)10-12-26-22/h7-8,11,15-16H,5-6,9-10,12-14H2,1-4H3/t15-,16-,21+,22+/m1/s1. The third kappa shape index (κ3) is 2.70. The van der Waals surface area contributed by atoms with Crippen LogP contribution in [0.25, 0.3) is 0 Å². The molecule has 5 heteroatoms. The molecule has 2 heterocycles. The van der Waals surface area contributed by atoms with Crippen molar-refractivity contribution in [3.05, 3.63) is 35.3 Å². The fraction of sp³-hybridized carbons (Fsp3) is 0.682. The fourth-order valence-corrected chi connectivity index (χ4v) is 5.73. The van der Waals surface area contributed by atoms with Crippen molar-refractivity contribution in [3.8, 4) is 0 Å². The Kier molecular flexibility index (Phi) is 4.71. The van der Waals surface area contributed by atoms with E-state index in [0.29, 0.717) is 18.9 Å². The van der Waals surface area contributed by atoms with Crippen LogP contribution in [0.4, 0.5) is 0 Å². The lowest BCUT2D eigenvalue weighted by atomic mass is 9.58. The molecule has 5 nitrogen and oxygen atoms in total. The lowest BCUT2D eigenvalue weighted by Crippen LogP contribution is -2.54. The third-order valence-corrected chi connectivity index (χ3v) is 6.73. The van der Waals surface area contributed by atoms with Gasteiger partial charge in [0.15, 0.2) is 0 Å². The number of ether oxygens (including phenoxy) is 2. The molecule has 0 aromatic carbocycles. The predicted octanol–water partition coefficient (Wildman–Crippen LogP) is 3.99. The molecule has 0 bridgehead atoms. The van der Waals surface area contributed by atoms with Crippen LogP contribution in [-0.2, 0) is 19.9 Å². The van der Waals surface area contributed by atoms with E-state index in [4.69, 9.17) is 13.9 Å². The fourth-order valence-electron chi connectivity index (χ4n) is 5.73. The van der Waals surface area contributed by atoms with Crippen LogP contribution in [0.1, 0.15) is 63.7 Å². The van der Waals surface area contributed by atoms with Crippen molar-refractivity contribution in [1.29, 1.82) is 0 Å². The van der Waals surface area contributed by atoms with E-state index in [1.54, 1.807) is 6.26 Å². The SMILES string of the molecule is CCCC(=O)O[C@H](C)C1=CC[C@@]23OCCN(C)C[C@@]12C[C@@H](C)c1occc13. The summed E-state index contributed by atoms with van der Waals surface area (Å²) in [6.45, 7) is 8.76. The molecule has 0 amide bonds. The zero-order valence-electron chi connectivity index (χ0n) is 16.9. The second kappa shape index (κ2) is 6.78. The van der Waals surface area contributed by atoms with Gasteiger partial charge in [-0.15, -0.1) is 0 Å². The van der Waals surface area contributed by atoms with Crippen LogP contribution in [0.5, 0.6) is 0 Å². The summed E-state index contributed by atoms with van der Waals surface area (Å²) in [6, 6.07) is 2.09. The number of hydrogen-bond donors (Lipinski definition) is 0. The Morgan fingerprint density at radius 3 is 3.07 bits per heavy atom. The monoisotopic (exact) mass is 373 g/mol. The minimum Gasteiger partial charge on any atom is -0.469 e. The van der Waals surface area contributed by atoms with Crippen LogP contribution >= 0.6 is 0 Å². The van der Waals surface area contributed by atoms with Gasteiger partial charge in [0.25, 0.3) is 0 Å². The van der Waals surface area contributed by atoms with Crippen LogP contribution in [-0.4, -0.2) is 43.7 Å². The highest BCUT2D eigenvalue weighted by molar-refractivity contribution is 5.70. The normalized spacial score (nSPS) is 34.1. The Bertz CT molecular complexity index is 753. The smallest absolute Gasteiger partial charge is 0.306 e. The van der Waals surface area contributed by atoms with Crippen molar-refractivity contribution in [1.82, 2.24) is 4.90 Å². The van der Waals surface area contributed by atoms with Gasteiger partial charge in [0.2, 0.25) is 0 Å². The van der Waals surface area contributed by atoms with Gasteiger partial charge in [0.05, 0.1) is 12.9 Å². The number of hydrogen-bond acceptors (Lipinski definition) is 5. The predicted molar refractivity (Wildman–Crippen MR) is 102 cm³/mol. The summed E-state index contributed by atoms with van der Waals surface area (Å²) < 4.78 is 18.4. The number of carbonyl (C=O) groups excluding carboxylic acids is 1. The molecule has 1 fully saturated rings. The number of esters is 1. The Balaban J connectivity index is 1.77. The molecule has 1 aromatic rings. The third-order valence-electron chi connectivity index (χ3n) is 6.73. The van der Waals surface area contributed by atoms with E-state index >= 15 is 0 Å². The van der Waals surface area contributed by atoms with Crippen molar-refractivity contribution in [2.45, 2.75) is 64.1 Å². The lowest BCUT2D eigenvalue weighted by molar-refractivity contribution is -0.150. The minimum atomic E-state index is -0.409. The molecule has 0 unspecified atom stereocenters. The second-order valence-corrected chi connectivity index (χ2v) is 8.54. The molecule has 0 spiro atoms. The first-order valence-corrected chi connectivity index (χ1v) is 10.2. The first kappa shape index (κ1) is 18.8. The van der Waals surface area contributed by atoms with E-state index in [2.05, 4.69) is 31.0 Å². The van der Waals surface area contributed by atoms with Gasteiger partial charge in [0, 0.05) is 42.8 Å². The molecule has 148 valence electrons. The van der Waals surface area contributed by atoms with E-state index in [-0.39, 0.29) is 17.5 Å². The summed E-state index contributed by atoms with van der Waals surface area (Å²) >= 11 is 0. The van der Waals surface area contributed by atoms with E-state index in [9.17, 15) is 4.79 Å². The zero-order valence-corrected chi connectivity index (χ0v) is 16.9. The van der Waals surface area contributed by atoms with Gasteiger partial charge in [-0.3, -0.25) is 4.79 Å². The molecule has 3 aliphatic rings. The molecule has 1 aliphatic heterocycles. The molecule has 1 aromatic heterocycles. The summed E-state index contributed by atoms with van der Waals surface area (Å²) in [5, 5.41) is 0. The molecule has 2 aliphatic carbocycles. The van der Waals surface area contributed by atoms with E-state index < -0.39 is 5.60 Å². The Hall–Kier alpha value is -1.59. The first-order valence-electron chi connectivity index (χ1n) is 10.2. The van der Waals surface area contributed by atoms with Crippen LogP contribution in [0.15, 0.2) is 28.4 Å². The van der Waals surface area contributed by atoms with Crippen molar-refractivity contribution >= 4 is 5.97 Å². The summed E-state index contributed by atoms with van der Waals surface area (Å²) in [4.78, 5) is 14.5. The number of fused-ring (bicyclic) bond motifs is 1. The van der Waals surface area contributed by atoms with Gasteiger partial charge < -0.3 is 18.8 Å². The Morgan fingerprint density at radius 1 is 1.48 bits per heavy atom. The van der Waals surface area contributed by atoms with Gasteiger partial charge in [0.1, 0.15) is 17.5 Å². The molecule has 0 radical (unpaired) electrons. The number of carbonyl (C=O) groups is 1. The summed E-state index contributed by atoms with van der Waals surface area (Å²) in [5.74, 6) is 1.24. The van der Waals surface area contributed by atoms with Gasteiger partial charge in [-0.05, 0) is 38.5 Å².